The third kappa shape index (κ3) is 2.91. The van der Waals surface area contributed by atoms with Crippen LogP contribution >= 0.6 is 0 Å². The van der Waals surface area contributed by atoms with E-state index in [0.29, 0.717) is 25.9 Å². The number of carbonyl (C=O) groups is 1. The lowest BCUT2D eigenvalue weighted by Gasteiger charge is -2.44. The van der Waals surface area contributed by atoms with E-state index < -0.39 is 11.4 Å². The van der Waals surface area contributed by atoms with Crippen molar-refractivity contribution in [2.24, 2.45) is 0 Å². The second-order valence-electron chi connectivity index (χ2n) is 7.87. The van der Waals surface area contributed by atoms with E-state index in [2.05, 4.69) is 17.0 Å². The summed E-state index contributed by atoms with van der Waals surface area (Å²) in [4.78, 5) is 14.7. The van der Waals surface area contributed by atoms with Gasteiger partial charge in [0.25, 0.3) is 0 Å². The molecule has 0 atom stereocenters. The zero-order valence-corrected chi connectivity index (χ0v) is 16.1. The molecule has 0 radical (unpaired) electrons. The molecule has 0 bridgehead atoms. The summed E-state index contributed by atoms with van der Waals surface area (Å²) in [6, 6.07) is 26.1. The SMILES string of the molecule is O=C(O)C1(c2ccccc2)CCN(C2c3ccccc3Oc3ccccc32)CC1. The zero-order valence-electron chi connectivity index (χ0n) is 16.1. The Labute approximate surface area is 170 Å². The molecule has 0 amide bonds. The lowest BCUT2D eigenvalue weighted by Crippen LogP contribution is -2.48. The van der Waals surface area contributed by atoms with Gasteiger partial charge in [0.05, 0.1) is 11.5 Å². The van der Waals surface area contributed by atoms with Crippen LogP contribution in [0.4, 0.5) is 0 Å². The zero-order chi connectivity index (χ0) is 19.8. The van der Waals surface area contributed by atoms with Crippen molar-refractivity contribution in [3.63, 3.8) is 0 Å². The van der Waals surface area contributed by atoms with E-state index in [4.69, 9.17) is 4.74 Å². The molecular formula is C25H23NO3. The molecule has 29 heavy (non-hydrogen) atoms. The Morgan fingerprint density at radius 1 is 0.828 bits per heavy atom. The summed E-state index contributed by atoms with van der Waals surface area (Å²) in [6.07, 6.45) is 1.18. The Kier molecular flexibility index (Phi) is 4.36. The fraction of sp³-hybridized carbons (Fsp3) is 0.240. The summed E-state index contributed by atoms with van der Waals surface area (Å²) < 4.78 is 6.13. The van der Waals surface area contributed by atoms with Gasteiger partial charge in [0.1, 0.15) is 11.5 Å². The number of nitrogens with zero attached hydrogens (tertiary/aromatic N) is 1. The highest BCUT2D eigenvalue weighted by atomic mass is 16.5. The third-order valence-corrected chi connectivity index (χ3v) is 6.40. The fourth-order valence-corrected chi connectivity index (χ4v) is 4.83. The van der Waals surface area contributed by atoms with Gasteiger partial charge in [-0.05, 0) is 30.5 Å². The largest absolute Gasteiger partial charge is 0.481 e. The van der Waals surface area contributed by atoms with Crippen molar-refractivity contribution in [2.45, 2.75) is 24.3 Å². The monoisotopic (exact) mass is 385 g/mol. The number of ether oxygens (including phenoxy) is 1. The summed E-state index contributed by atoms with van der Waals surface area (Å²) in [5.74, 6) is 1.04. The van der Waals surface area contributed by atoms with Gasteiger partial charge in [-0.2, -0.15) is 0 Å². The first kappa shape index (κ1) is 18.0. The quantitative estimate of drug-likeness (QED) is 0.689. The van der Waals surface area contributed by atoms with Crippen molar-refractivity contribution in [3.8, 4) is 11.5 Å². The molecule has 1 fully saturated rings. The maximum Gasteiger partial charge on any atom is 0.314 e. The number of fused-ring (bicyclic) bond motifs is 2. The molecule has 3 aromatic carbocycles. The van der Waals surface area contributed by atoms with Crippen molar-refractivity contribution in [3.05, 3.63) is 95.6 Å². The molecule has 0 spiro atoms. The lowest BCUT2D eigenvalue weighted by molar-refractivity contribution is -0.146. The first-order valence-electron chi connectivity index (χ1n) is 10.1. The lowest BCUT2D eigenvalue weighted by atomic mass is 9.72. The number of piperidine rings is 1. The van der Waals surface area contributed by atoms with Crippen LogP contribution in [0.3, 0.4) is 0 Å². The van der Waals surface area contributed by atoms with Crippen molar-refractivity contribution in [1.82, 2.24) is 4.90 Å². The van der Waals surface area contributed by atoms with E-state index in [1.807, 2.05) is 66.7 Å². The predicted molar refractivity (Wildman–Crippen MR) is 111 cm³/mol. The van der Waals surface area contributed by atoms with E-state index in [9.17, 15) is 9.90 Å². The van der Waals surface area contributed by atoms with E-state index in [-0.39, 0.29) is 6.04 Å². The highest BCUT2D eigenvalue weighted by molar-refractivity contribution is 5.81. The molecule has 4 heteroatoms. The Morgan fingerprint density at radius 2 is 1.34 bits per heavy atom. The smallest absolute Gasteiger partial charge is 0.314 e. The van der Waals surface area contributed by atoms with Gasteiger partial charge in [0, 0.05) is 24.2 Å². The molecule has 0 unspecified atom stereocenters. The average Bonchev–Trinajstić information content (AvgIpc) is 2.78. The Balaban J connectivity index is 1.49. The standard InChI is InChI=1S/C25H23NO3/c27-24(28)25(18-8-2-1-3-9-18)14-16-26(17-15-25)23-19-10-4-6-12-21(19)29-22-13-7-5-11-20(22)23/h1-13,23H,14-17H2,(H,27,28). The van der Waals surface area contributed by atoms with Crippen LogP contribution in [0.5, 0.6) is 11.5 Å². The summed E-state index contributed by atoms with van der Waals surface area (Å²) in [6.45, 7) is 1.43. The Hall–Kier alpha value is -3.11. The molecule has 2 aliphatic rings. The third-order valence-electron chi connectivity index (χ3n) is 6.40. The number of carboxylic acids is 1. The van der Waals surface area contributed by atoms with Gasteiger partial charge < -0.3 is 9.84 Å². The van der Waals surface area contributed by atoms with Crippen LogP contribution in [0.25, 0.3) is 0 Å². The van der Waals surface area contributed by atoms with Crippen molar-refractivity contribution in [2.75, 3.05) is 13.1 Å². The van der Waals surface area contributed by atoms with Gasteiger partial charge in [-0.25, -0.2) is 0 Å². The van der Waals surface area contributed by atoms with Gasteiger partial charge in [0.15, 0.2) is 0 Å². The molecule has 1 saturated heterocycles. The highest BCUT2D eigenvalue weighted by Gasteiger charge is 2.45. The fourth-order valence-electron chi connectivity index (χ4n) is 4.83. The van der Waals surface area contributed by atoms with E-state index in [0.717, 1.165) is 28.2 Å². The van der Waals surface area contributed by atoms with Gasteiger partial charge in [-0.1, -0.05) is 66.7 Å². The molecule has 4 nitrogen and oxygen atoms in total. The van der Waals surface area contributed by atoms with Crippen LogP contribution in [-0.4, -0.2) is 29.1 Å². The second kappa shape index (κ2) is 7.05. The number of aliphatic carboxylic acids is 1. The van der Waals surface area contributed by atoms with Crippen LogP contribution in [0.2, 0.25) is 0 Å². The number of likely N-dealkylation sites (tertiary alicyclic amines) is 1. The molecule has 0 aromatic heterocycles. The molecule has 2 heterocycles. The number of hydrogen-bond acceptors (Lipinski definition) is 3. The van der Waals surface area contributed by atoms with Gasteiger partial charge >= 0.3 is 5.97 Å². The van der Waals surface area contributed by atoms with Crippen LogP contribution in [0.15, 0.2) is 78.9 Å². The number of benzene rings is 3. The minimum atomic E-state index is -0.817. The maximum atomic E-state index is 12.3. The minimum absolute atomic E-state index is 0.0821. The van der Waals surface area contributed by atoms with E-state index >= 15 is 0 Å². The second-order valence-corrected chi connectivity index (χ2v) is 7.87. The molecule has 0 aliphatic carbocycles. The topological polar surface area (TPSA) is 49.8 Å². The van der Waals surface area contributed by atoms with Gasteiger partial charge in [-0.3, -0.25) is 9.69 Å². The number of rotatable bonds is 3. The first-order chi connectivity index (χ1) is 14.2. The van der Waals surface area contributed by atoms with Crippen LogP contribution < -0.4 is 4.74 Å². The summed E-state index contributed by atoms with van der Waals surface area (Å²) in [5.41, 5.74) is 2.38. The van der Waals surface area contributed by atoms with Crippen LogP contribution in [0, 0.1) is 0 Å². The van der Waals surface area contributed by atoms with Crippen LogP contribution in [-0.2, 0) is 10.2 Å². The molecule has 0 saturated carbocycles. The molecule has 5 rings (SSSR count). The maximum absolute atomic E-state index is 12.3. The van der Waals surface area contributed by atoms with Crippen LogP contribution in [0.1, 0.15) is 35.6 Å². The summed E-state index contributed by atoms with van der Waals surface area (Å²) >= 11 is 0. The number of para-hydroxylation sites is 2. The van der Waals surface area contributed by atoms with Crippen molar-refractivity contribution in [1.29, 1.82) is 0 Å². The van der Waals surface area contributed by atoms with E-state index in [1.165, 1.54) is 0 Å². The highest BCUT2D eigenvalue weighted by Crippen LogP contribution is 2.47. The minimum Gasteiger partial charge on any atom is -0.481 e. The summed E-state index contributed by atoms with van der Waals surface area (Å²) in [7, 11) is 0. The average molecular weight is 385 g/mol. The normalized spacial score (nSPS) is 18.3. The van der Waals surface area contributed by atoms with Crippen molar-refractivity contribution < 1.29 is 14.6 Å². The molecule has 2 aliphatic heterocycles. The van der Waals surface area contributed by atoms with E-state index in [1.54, 1.807) is 0 Å². The summed E-state index contributed by atoms with van der Waals surface area (Å²) in [5, 5.41) is 10.1. The number of hydrogen-bond donors (Lipinski definition) is 1. The molecule has 146 valence electrons. The van der Waals surface area contributed by atoms with Gasteiger partial charge in [-0.15, -0.1) is 0 Å². The molecule has 3 aromatic rings. The number of carboxylic acid groups (broad SMARTS) is 1. The molecular weight excluding hydrogens is 362 g/mol. The Bertz CT molecular complexity index is 993. The van der Waals surface area contributed by atoms with Gasteiger partial charge in [0.2, 0.25) is 0 Å². The predicted octanol–water partition coefficient (Wildman–Crippen LogP) is 5.00. The molecule has 1 N–H and O–H groups in total. The first-order valence-corrected chi connectivity index (χ1v) is 10.1. The Morgan fingerprint density at radius 3 is 1.90 bits per heavy atom. The van der Waals surface area contributed by atoms with Crippen molar-refractivity contribution >= 4 is 5.97 Å².